The molecule has 0 aliphatic heterocycles. The third-order valence-corrected chi connectivity index (χ3v) is 3.63. The standard InChI is InChI=1S/C19H17N3O2/c1-3-23-14-7-5-13(6-8-14)17-10-15(16(11-20)19(21)22-17)18-9-4-12(2)24-18/h4-10H,3H2,1-2H3,(H2,21,22). The molecule has 0 atom stereocenters. The molecule has 0 saturated heterocycles. The number of nitrogens with zero attached hydrogens (tertiary/aromatic N) is 2. The van der Waals surface area contributed by atoms with Crippen LogP contribution in [0.2, 0.25) is 0 Å². The average Bonchev–Trinajstić information content (AvgIpc) is 3.01. The van der Waals surface area contributed by atoms with Gasteiger partial charge in [-0.25, -0.2) is 4.98 Å². The number of pyridine rings is 1. The van der Waals surface area contributed by atoms with Gasteiger partial charge in [0, 0.05) is 11.1 Å². The van der Waals surface area contributed by atoms with Crippen molar-refractivity contribution in [3.63, 3.8) is 0 Å². The third-order valence-electron chi connectivity index (χ3n) is 3.63. The normalized spacial score (nSPS) is 10.4. The van der Waals surface area contributed by atoms with Crippen molar-refractivity contribution in [2.75, 3.05) is 12.3 Å². The summed E-state index contributed by atoms with van der Waals surface area (Å²) in [6.07, 6.45) is 0. The third kappa shape index (κ3) is 2.95. The molecule has 1 aromatic carbocycles. The fraction of sp³-hybridized carbons (Fsp3) is 0.158. The molecule has 0 bridgehead atoms. The Hall–Kier alpha value is -3.26. The Morgan fingerprint density at radius 3 is 2.54 bits per heavy atom. The van der Waals surface area contributed by atoms with E-state index in [0.717, 1.165) is 17.1 Å². The van der Waals surface area contributed by atoms with E-state index < -0.39 is 0 Å². The molecule has 2 N–H and O–H groups in total. The molecule has 5 heteroatoms. The lowest BCUT2D eigenvalue weighted by molar-refractivity contribution is 0.340. The highest BCUT2D eigenvalue weighted by atomic mass is 16.5. The molecule has 0 aliphatic carbocycles. The summed E-state index contributed by atoms with van der Waals surface area (Å²) in [6.45, 7) is 4.41. The lowest BCUT2D eigenvalue weighted by Crippen LogP contribution is -1.99. The number of nitrogen functional groups attached to an aromatic ring is 1. The van der Waals surface area contributed by atoms with E-state index in [2.05, 4.69) is 11.1 Å². The number of benzene rings is 1. The van der Waals surface area contributed by atoms with Crippen molar-refractivity contribution in [3.05, 3.63) is 53.8 Å². The van der Waals surface area contributed by atoms with Crippen molar-refractivity contribution in [1.82, 2.24) is 4.98 Å². The van der Waals surface area contributed by atoms with Crippen LogP contribution in [0.4, 0.5) is 5.82 Å². The maximum atomic E-state index is 9.40. The second kappa shape index (κ2) is 6.47. The first-order chi connectivity index (χ1) is 11.6. The van der Waals surface area contributed by atoms with Crippen LogP contribution in [0.1, 0.15) is 18.2 Å². The maximum Gasteiger partial charge on any atom is 0.142 e. The van der Waals surface area contributed by atoms with Crippen LogP contribution < -0.4 is 10.5 Å². The lowest BCUT2D eigenvalue weighted by atomic mass is 10.0. The highest BCUT2D eigenvalue weighted by Gasteiger charge is 2.15. The highest BCUT2D eigenvalue weighted by Crippen LogP contribution is 2.32. The van der Waals surface area contributed by atoms with E-state index in [0.29, 0.717) is 29.2 Å². The summed E-state index contributed by atoms with van der Waals surface area (Å²) in [5.41, 5.74) is 8.52. The minimum atomic E-state index is 0.188. The van der Waals surface area contributed by atoms with Crippen molar-refractivity contribution < 1.29 is 9.15 Å². The summed E-state index contributed by atoms with van der Waals surface area (Å²) in [6, 6.07) is 15.2. The van der Waals surface area contributed by atoms with E-state index in [1.165, 1.54) is 0 Å². The Morgan fingerprint density at radius 1 is 1.21 bits per heavy atom. The van der Waals surface area contributed by atoms with Gasteiger partial charge in [0.2, 0.25) is 0 Å². The fourth-order valence-corrected chi connectivity index (χ4v) is 2.49. The zero-order chi connectivity index (χ0) is 17.1. The van der Waals surface area contributed by atoms with E-state index in [4.69, 9.17) is 14.9 Å². The molecule has 24 heavy (non-hydrogen) atoms. The van der Waals surface area contributed by atoms with Crippen molar-refractivity contribution in [2.45, 2.75) is 13.8 Å². The van der Waals surface area contributed by atoms with Crippen LogP contribution in [-0.2, 0) is 0 Å². The summed E-state index contributed by atoms with van der Waals surface area (Å²) in [7, 11) is 0. The molecule has 0 aliphatic rings. The molecule has 0 spiro atoms. The van der Waals surface area contributed by atoms with Crippen molar-refractivity contribution in [3.8, 4) is 34.4 Å². The van der Waals surface area contributed by atoms with Gasteiger partial charge in [-0.15, -0.1) is 0 Å². The Labute approximate surface area is 140 Å². The smallest absolute Gasteiger partial charge is 0.142 e. The highest BCUT2D eigenvalue weighted by molar-refractivity contribution is 5.78. The average molecular weight is 319 g/mol. The summed E-state index contributed by atoms with van der Waals surface area (Å²) in [4.78, 5) is 4.36. The first kappa shape index (κ1) is 15.6. The molecule has 3 rings (SSSR count). The van der Waals surface area contributed by atoms with Crippen LogP contribution in [0.3, 0.4) is 0 Å². The molecule has 0 amide bonds. The molecule has 3 aromatic rings. The number of aryl methyl sites for hydroxylation is 1. The quantitative estimate of drug-likeness (QED) is 0.780. The first-order valence-electron chi connectivity index (χ1n) is 7.63. The number of aromatic nitrogens is 1. The van der Waals surface area contributed by atoms with E-state index in [1.54, 1.807) is 0 Å². The van der Waals surface area contributed by atoms with Crippen LogP contribution >= 0.6 is 0 Å². The molecular weight excluding hydrogens is 302 g/mol. The summed E-state index contributed by atoms with van der Waals surface area (Å²) < 4.78 is 11.1. The zero-order valence-corrected chi connectivity index (χ0v) is 13.5. The van der Waals surface area contributed by atoms with Gasteiger partial charge in [-0.2, -0.15) is 5.26 Å². The van der Waals surface area contributed by atoms with Gasteiger partial charge in [0.25, 0.3) is 0 Å². The van der Waals surface area contributed by atoms with Crippen LogP contribution in [0.15, 0.2) is 46.9 Å². The molecule has 2 heterocycles. The second-order valence-electron chi connectivity index (χ2n) is 5.29. The van der Waals surface area contributed by atoms with Crippen LogP contribution in [-0.4, -0.2) is 11.6 Å². The van der Waals surface area contributed by atoms with Crippen LogP contribution in [0.25, 0.3) is 22.6 Å². The largest absolute Gasteiger partial charge is 0.494 e. The predicted octanol–water partition coefficient (Wildman–Crippen LogP) is 4.17. The summed E-state index contributed by atoms with van der Waals surface area (Å²) in [5.74, 6) is 2.36. The van der Waals surface area contributed by atoms with Crippen LogP contribution in [0.5, 0.6) is 5.75 Å². The van der Waals surface area contributed by atoms with Gasteiger partial charge in [0.1, 0.15) is 34.7 Å². The minimum Gasteiger partial charge on any atom is -0.494 e. The predicted molar refractivity (Wildman–Crippen MR) is 92.4 cm³/mol. The minimum absolute atomic E-state index is 0.188. The van der Waals surface area contributed by atoms with Gasteiger partial charge in [0.05, 0.1) is 12.3 Å². The zero-order valence-electron chi connectivity index (χ0n) is 13.5. The van der Waals surface area contributed by atoms with Crippen molar-refractivity contribution in [2.24, 2.45) is 0 Å². The number of hydrogen-bond acceptors (Lipinski definition) is 5. The van der Waals surface area contributed by atoms with Gasteiger partial charge < -0.3 is 14.9 Å². The van der Waals surface area contributed by atoms with Crippen molar-refractivity contribution >= 4 is 5.82 Å². The summed E-state index contributed by atoms with van der Waals surface area (Å²) in [5, 5.41) is 9.40. The topological polar surface area (TPSA) is 85.1 Å². The number of nitriles is 1. The molecule has 2 aromatic heterocycles. The van der Waals surface area contributed by atoms with Gasteiger partial charge in [-0.3, -0.25) is 0 Å². The Kier molecular flexibility index (Phi) is 4.21. The lowest BCUT2D eigenvalue weighted by Gasteiger charge is -2.09. The van der Waals surface area contributed by atoms with Crippen LogP contribution in [0, 0.1) is 18.3 Å². The monoisotopic (exact) mass is 319 g/mol. The van der Waals surface area contributed by atoms with E-state index in [-0.39, 0.29) is 5.82 Å². The number of furan rings is 1. The molecule has 0 radical (unpaired) electrons. The second-order valence-corrected chi connectivity index (χ2v) is 5.29. The Morgan fingerprint density at radius 2 is 1.96 bits per heavy atom. The number of rotatable bonds is 4. The first-order valence-corrected chi connectivity index (χ1v) is 7.63. The molecule has 0 unspecified atom stereocenters. The fourth-order valence-electron chi connectivity index (χ4n) is 2.49. The van der Waals surface area contributed by atoms with E-state index >= 15 is 0 Å². The Balaban J connectivity index is 2.09. The molecular formula is C19H17N3O2. The number of ether oxygens (including phenoxy) is 1. The SMILES string of the molecule is CCOc1ccc(-c2cc(-c3ccc(C)o3)c(C#N)c(N)n2)cc1. The molecule has 120 valence electrons. The van der Waals surface area contributed by atoms with Gasteiger partial charge >= 0.3 is 0 Å². The van der Waals surface area contributed by atoms with Gasteiger partial charge in [-0.05, 0) is 56.3 Å². The van der Waals surface area contributed by atoms with Crippen molar-refractivity contribution in [1.29, 1.82) is 5.26 Å². The number of hydrogen-bond donors (Lipinski definition) is 1. The number of anilines is 1. The van der Waals surface area contributed by atoms with Gasteiger partial charge in [-0.1, -0.05) is 0 Å². The molecule has 0 saturated carbocycles. The van der Waals surface area contributed by atoms with Gasteiger partial charge in [0.15, 0.2) is 0 Å². The number of nitrogens with two attached hydrogens (primary N) is 1. The van der Waals surface area contributed by atoms with E-state index in [9.17, 15) is 5.26 Å². The maximum absolute atomic E-state index is 9.40. The summed E-state index contributed by atoms with van der Waals surface area (Å²) >= 11 is 0. The molecule has 0 fully saturated rings. The Bertz CT molecular complexity index is 905. The van der Waals surface area contributed by atoms with E-state index in [1.807, 2.05) is 56.3 Å². The molecule has 5 nitrogen and oxygen atoms in total.